The van der Waals surface area contributed by atoms with E-state index in [9.17, 15) is 9.59 Å². The van der Waals surface area contributed by atoms with Crippen LogP contribution in [0, 0.1) is 0 Å². The first-order valence-electron chi connectivity index (χ1n) is 10.9. The molecule has 0 saturated carbocycles. The molecule has 4 aromatic carbocycles. The fourth-order valence-electron chi connectivity index (χ4n) is 4.23. The van der Waals surface area contributed by atoms with Gasteiger partial charge in [-0.25, -0.2) is 0 Å². The van der Waals surface area contributed by atoms with E-state index < -0.39 is 7.92 Å². The summed E-state index contributed by atoms with van der Waals surface area (Å²) in [6.07, 6.45) is 0. The van der Waals surface area contributed by atoms with Crippen LogP contribution < -0.4 is 15.9 Å². The van der Waals surface area contributed by atoms with Crippen molar-refractivity contribution in [1.29, 1.82) is 0 Å². The summed E-state index contributed by atoms with van der Waals surface area (Å²) in [5.41, 5.74) is 2.78. The Bertz CT molecular complexity index is 1180. The summed E-state index contributed by atoms with van der Waals surface area (Å²) in [4.78, 5) is 27.0. The fourth-order valence-corrected chi connectivity index (χ4v) is 7.14. The first-order valence-corrected chi connectivity index (χ1v) is 12.3. The fraction of sp³-hybridized carbons (Fsp3) is 0.0714. The Morgan fingerprint density at radius 3 is 1.27 bits per heavy atom. The number of nitrogens with one attached hydrogen (secondary N) is 2. The first-order chi connectivity index (χ1) is 16.2. The van der Waals surface area contributed by atoms with Gasteiger partial charge in [-0.2, -0.15) is 0 Å². The van der Waals surface area contributed by atoms with E-state index in [1.165, 1.54) is 0 Å². The van der Waals surface area contributed by atoms with Gasteiger partial charge in [-0.1, -0.05) is 103 Å². The van der Waals surface area contributed by atoms with Crippen molar-refractivity contribution in [2.75, 3.05) is 0 Å². The lowest BCUT2D eigenvalue weighted by atomic mass is 10.1. The van der Waals surface area contributed by atoms with Gasteiger partial charge in [0.2, 0.25) is 0 Å². The van der Waals surface area contributed by atoms with Crippen LogP contribution in [0.15, 0.2) is 115 Å². The number of hydrogen-bond acceptors (Lipinski definition) is 2. The molecule has 5 rings (SSSR count). The van der Waals surface area contributed by atoms with Crippen LogP contribution in [-0.2, 0) is 0 Å². The van der Waals surface area contributed by atoms with E-state index in [1.807, 2.05) is 78.9 Å². The molecule has 2 atom stereocenters. The summed E-state index contributed by atoms with van der Waals surface area (Å²) in [6.45, 7) is 0. The number of rotatable bonds is 3. The third-order valence-corrected chi connectivity index (χ3v) is 8.65. The van der Waals surface area contributed by atoms with E-state index >= 15 is 0 Å². The number of hydrogen-bond donors (Lipinski definition) is 2. The predicted molar refractivity (Wildman–Crippen MR) is 133 cm³/mol. The average Bonchev–Trinajstić information content (AvgIpc) is 2.93. The summed E-state index contributed by atoms with van der Waals surface area (Å²) in [7, 11) is -1.13. The Hall–Kier alpha value is -3.75. The van der Waals surface area contributed by atoms with Crippen LogP contribution in [0.2, 0.25) is 0 Å². The Morgan fingerprint density at radius 2 is 0.848 bits per heavy atom. The van der Waals surface area contributed by atoms with Gasteiger partial charge in [0.15, 0.2) is 0 Å². The molecule has 4 nitrogen and oxygen atoms in total. The van der Waals surface area contributed by atoms with Gasteiger partial charge in [-0.15, -0.1) is 0 Å². The zero-order valence-corrected chi connectivity index (χ0v) is 18.8. The van der Waals surface area contributed by atoms with E-state index in [4.69, 9.17) is 0 Å². The minimum Gasteiger partial charge on any atom is -0.341 e. The zero-order valence-electron chi connectivity index (χ0n) is 17.9. The molecule has 0 fully saturated rings. The van der Waals surface area contributed by atoms with Gasteiger partial charge in [-0.05, 0) is 36.5 Å². The second-order valence-corrected chi connectivity index (χ2v) is 10.2. The van der Waals surface area contributed by atoms with Crippen LogP contribution >= 0.6 is 7.92 Å². The van der Waals surface area contributed by atoms with Crippen LogP contribution in [0.3, 0.4) is 0 Å². The van der Waals surface area contributed by atoms with Crippen LogP contribution in [-0.4, -0.2) is 11.8 Å². The van der Waals surface area contributed by atoms with Gasteiger partial charge < -0.3 is 10.6 Å². The van der Waals surface area contributed by atoms with Gasteiger partial charge in [0.05, 0.1) is 22.7 Å². The van der Waals surface area contributed by atoms with E-state index in [0.29, 0.717) is 11.1 Å². The largest absolute Gasteiger partial charge is 0.341 e. The van der Waals surface area contributed by atoms with Crippen LogP contribution in [0.4, 0.5) is 0 Å². The van der Waals surface area contributed by atoms with Crippen LogP contribution in [0.1, 0.15) is 43.4 Å². The number of benzene rings is 4. The SMILES string of the molecule is O=C1N[C@H](c2ccccc2)P(c2ccccc2)[C@@H](c2ccccc2)NC(=O)c2ccccc21. The zero-order chi connectivity index (χ0) is 22.6. The lowest BCUT2D eigenvalue weighted by molar-refractivity contribution is 0.0919. The Labute approximate surface area is 194 Å². The number of fused-ring (bicyclic) bond motifs is 1. The van der Waals surface area contributed by atoms with Gasteiger partial charge in [0.1, 0.15) is 0 Å². The maximum absolute atomic E-state index is 13.5. The monoisotopic (exact) mass is 450 g/mol. The summed E-state index contributed by atoms with van der Waals surface area (Å²) in [5, 5.41) is 7.69. The van der Waals surface area contributed by atoms with Crippen molar-refractivity contribution >= 4 is 25.0 Å². The van der Waals surface area contributed by atoms with Crippen molar-refractivity contribution < 1.29 is 9.59 Å². The molecule has 1 aliphatic heterocycles. The molecule has 0 radical (unpaired) electrons. The molecule has 162 valence electrons. The molecule has 0 aromatic heterocycles. The average molecular weight is 450 g/mol. The number of carbonyl (C=O) groups excluding carboxylic acids is 2. The topological polar surface area (TPSA) is 58.2 Å². The lowest BCUT2D eigenvalue weighted by Crippen LogP contribution is -2.33. The van der Waals surface area contributed by atoms with Crippen molar-refractivity contribution in [3.8, 4) is 0 Å². The number of amides is 2. The number of carbonyl (C=O) groups is 2. The molecule has 0 saturated heterocycles. The lowest BCUT2D eigenvalue weighted by Gasteiger charge is -2.35. The van der Waals surface area contributed by atoms with E-state index in [1.54, 1.807) is 24.3 Å². The van der Waals surface area contributed by atoms with Gasteiger partial charge >= 0.3 is 0 Å². The van der Waals surface area contributed by atoms with Crippen LogP contribution in [0.25, 0.3) is 0 Å². The highest BCUT2D eigenvalue weighted by molar-refractivity contribution is 7.66. The Morgan fingerprint density at radius 1 is 0.485 bits per heavy atom. The van der Waals surface area contributed by atoms with Crippen molar-refractivity contribution in [1.82, 2.24) is 10.6 Å². The van der Waals surface area contributed by atoms with Crippen molar-refractivity contribution in [2.45, 2.75) is 11.6 Å². The molecule has 5 heteroatoms. The molecule has 0 unspecified atom stereocenters. The Kier molecular flexibility index (Phi) is 6.01. The molecule has 1 aliphatic rings. The molecule has 0 bridgehead atoms. The molecule has 0 spiro atoms. The quantitative estimate of drug-likeness (QED) is 0.413. The minimum atomic E-state index is -1.13. The second-order valence-electron chi connectivity index (χ2n) is 7.86. The predicted octanol–water partition coefficient (Wildman–Crippen LogP) is 5.36. The molecule has 33 heavy (non-hydrogen) atoms. The van der Waals surface area contributed by atoms with Crippen molar-refractivity contribution in [2.24, 2.45) is 0 Å². The maximum atomic E-state index is 13.5. The molecule has 2 N–H and O–H groups in total. The first kappa shape index (κ1) is 21.1. The van der Waals surface area contributed by atoms with Crippen LogP contribution in [0.5, 0.6) is 0 Å². The summed E-state index contributed by atoms with van der Waals surface area (Å²) >= 11 is 0. The third-order valence-electron chi connectivity index (χ3n) is 5.79. The molecule has 2 amide bonds. The summed E-state index contributed by atoms with van der Waals surface area (Å²) in [6, 6.07) is 37.2. The minimum absolute atomic E-state index is 0.244. The van der Waals surface area contributed by atoms with Crippen molar-refractivity contribution in [3.05, 3.63) is 138 Å². The highest BCUT2D eigenvalue weighted by Crippen LogP contribution is 2.58. The highest BCUT2D eigenvalue weighted by atomic mass is 31.1. The normalized spacial score (nSPS) is 18.8. The van der Waals surface area contributed by atoms with Crippen molar-refractivity contribution in [3.63, 3.8) is 0 Å². The molecule has 1 heterocycles. The van der Waals surface area contributed by atoms with Gasteiger partial charge in [0.25, 0.3) is 11.8 Å². The summed E-state index contributed by atoms with van der Waals surface area (Å²) in [5.74, 6) is -1.08. The molecular weight excluding hydrogens is 427 g/mol. The van der Waals surface area contributed by atoms with E-state index in [-0.39, 0.29) is 23.4 Å². The third kappa shape index (κ3) is 4.30. The standard InChI is InChI=1S/C28H23N2O2P/c31-25-23-18-10-11-19-24(23)26(32)30-28(21-14-6-2-7-15-21)33(22-16-8-3-9-17-22)27(29-25)20-12-4-1-5-13-20/h1-19,27-28H,(H,29,31)(H,30,32)/t27-,28-/m0/s1. The molecular formula is C28H23N2O2P. The molecule has 0 aliphatic carbocycles. The maximum Gasteiger partial charge on any atom is 0.252 e. The van der Waals surface area contributed by atoms with Gasteiger partial charge in [0, 0.05) is 0 Å². The summed E-state index contributed by atoms with van der Waals surface area (Å²) < 4.78 is 0. The Balaban J connectivity index is 1.75. The van der Waals surface area contributed by atoms with E-state index in [0.717, 1.165) is 16.4 Å². The van der Waals surface area contributed by atoms with Gasteiger partial charge in [-0.3, -0.25) is 9.59 Å². The highest BCUT2D eigenvalue weighted by Gasteiger charge is 2.37. The second kappa shape index (κ2) is 9.40. The molecule has 4 aromatic rings. The van der Waals surface area contributed by atoms with E-state index in [2.05, 4.69) is 22.8 Å². The smallest absolute Gasteiger partial charge is 0.252 e.